The van der Waals surface area contributed by atoms with Crippen LogP contribution < -0.4 is 10.6 Å². The van der Waals surface area contributed by atoms with E-state index < -0.39 is 5.97 Å². The molecule has 0 atom stereocenters. The number of esters is 1. The molecule has 0 bridgehead atoms. The van der Waals surface area contributed by atoms with E-state index in [0.29, 0.717) is 12.3 Å². The van der Waals surface area contributed by atoms with E-state index in [1.807, 2.05) is 26.0 Å². The number of anilines is 2. The third-order valence-electron chi connectivity index (χ3n) is 3.13. The second-order valence-electron chi connectivity index (χ2n) is 4.75. The van der Waals surface area contributed by atoms with Crippen molar-refractivity contribution in [1.82, 2.24) is 0 Å². The lowest BCUT2D eigenvalue weighted by atomic mass is 10.1. The molecule has 1 heterocycles. The van der Waals surface area contributed by atoms with Crippen molar-refractivity contribution in [3.63, 3.8) is 0 Å². The van der Waals surface area contributed by atoms with E-state index in [-0.39, 0.29) is 12.3 Å². The number of nitrogens with one attached hydrogen (secondary N) is 2. The summed E-state index contributed by atoms with van der Waals surface area (Å²) in [5.74, 6) is -0.606. The van der Waals surface area contributed by atoms with Gasteiger partial charge in [0.1, 0.15) is 0 Å². The van der Waals surface area contributed by atoms with Crippen molar-refractivity contribution in [2.45, 2.75) is 27.2 Å². The van der Waals surface area contributed by atoms with Gasteiger partial charge in [-0.3, -0.25) is 4.79 Å². The van der Waals surface area contributed by atoms with Crippen LogP contribution >= 0.6 is 0 Å². The summed E-state index contributed by atoms with van der Waals surface area (Å²) < 4.78 is 4.86. The third kappa shape index (κ3) is 3.17. The molecule has 106 valence electrons. The van der Waals surface area contributed by atoms with Crippen LogP contribution in [0.15, 0.2) is 23.9 Å². The first kappa shape index (κ1) is 14.1. The number of benzene rings is 1. The van der Waals surface area contributed by atoms with E-state index in [1.54, 1.807) is 6.92 Å². The minimum atomic E-state index is -0.449. The maximum absolute atomic E-state index is 11.8. The van der Waals surface area contributed by atoms with Crippen LogP contribution in [0.1, 0.15) is 24.5 Å². The van der Waals surface area contributed by atoms with Gasteiger partial charge in [-0.1, -0.05) is 0 Å². The van der Waals surface area contributed by atoms with E-state index in [1.165, 1.54) is 6.08 Å². The largest absolute Gasteiger partial charge is 0.463 e. The maximum Gasteiger partial charge on any atom is 0.332 e. The van der Waals surface area contributed by atoms with Gasteiger partial charge in [-0.25, -0.2) is 4.79 Å². The summed E-state index contributed by atoms with van der Waals surface area (Å²) in [6.45, 7) is 6.04. The predicted octanol–water partition coefficient (Wildman–Crippen LogP) is 2.50. The summed E-state index contributed by atoms with van der Waals surface area (Å²) >= 11 is 0. The quantitative estimate of drug-likeness (QED) is 0.642. The lowest BCUT2D eigenvalue weighted by Gasteiger charge is -2.11. The zero-order valence-corrected chi connectivity index (χ0v) is 11.9. The molecule has 20 heavy (non-hydrogen) atoms. The fourth-order valence-electron chi connectivity index (χ4n) is 2.02. The normalized spacial score (nSPS) is 15.9. The highest BCUT2D eigenvalue weighted by Crippen LogP contribution is 2.30. The fraction of sp³-hybridized carbons (Fsp3) is 0.333. The highest BCUT2D eigenvalue weighted by Gasteiger charge is 2.17. The van der Waals surface area contributed by atoms with E-state index in [9.17, 15) is 9.59 Å². The van der Waals surface area contributed by atoms with Crippen molar-refractivity contribution < 1.29 is 14.3 Å². The van der Waals surface area contributed by atoms with Gasteiger partial charge in [-0.15, -0.1) is 0 Å². The SMILES string of the molecule is CCOC(=O)/C=C1\CC(=O)Nc2cc(C)c(C)cc2N1. The summed E-state index contributed by atoms with van der Waals surface area (Å²) in [6, 6.07) is 3.87. The standard InChI is InChI=1S/C15H18N2O3/c1-4-20-15(19)8-11-7-14(18)17-13-6-10(3)9(2)5-12(13)16-11/h5-6,8,16H,4,7H2,1-3H3,(H,17,18)/b11-8+. The van der Waals surface area contributed by atoms with Crippen molar-refractivity contribution >= 4 is 23.3 Å². The monoisotopic (exact) mass is 274 g/mol. The first-order valence-electron chi connectivity index (χ1n) is 6.55. The number of ether oxygens (including phenoxy) is 1. The van der Waals surface area contributed by atoms with Crippen LogP contribution in [0.4, 0.5) is 11.4 Å². The molecule has 2 N–H and O–H groups in total. The number of hydrogen-bond donors (Lipinski definition) is 2. The van der Waals surface area contributed by atoms with Gasteiger partial charge < -0.3 is 15.4 Å². The van der Waals surface area contributed by atoms with Crippen LogP contribution in [-0.2, 0) is 14.3 Å². The number of rotatable bonds is 2. The summed E-state index contributed by atoms with van der Waals surface area (Å²) in [4.78, 5) is 23.3. The van der Waals surface area contributed by atoms with Crippen molar-refractivity contribution in [3.8, 4) is 0 Å². The zero-order chi connectivity index (χ0) is 14.7. The summed E-state index contributed by atoms with van der Waals surface area (Å²) in [7, 11) is 0. The Morgan fingerprint density at radius 2 is 1.85 bits per heavy atom. The molecule has 1 aliphatic rings. The average molecular weight is 274 g/mol. The molecule has 0 aliphatic carbocycles. The van der Waals surface area contributed by atoms with Crippen molar-refractivity contribution in [1.29, 1.82) is 0 Å². The summed E-state index contributed by atoms with van der Waals surface area (Å²) in [6.07, 6.45) is 1.44. The van der Waals surface area contributed by atoms with Crippen molar-refractivity contribution in [2.75, 3.05) is 17.2 Å². The van der Waals surface area contributed by atoms with E-state index in [4.69, 9.17) is 4.74 Å². The number of hydrogen-bond acceptors (Lipinski definition) is 4. The fourth-order valence-corrected chi connectivity index (χ4v) is 2.02. The highest BCUT2D eigenvalue weighted by atomic mass is 16.5. The number of fused-ring (bicyclic) bond motifs is 1. The van der Waals surface area contributed by atoms with Crippen LogP contribution in [0.25, 0.3) is 0 Å². The Morgan fingerprint density at radius 3 is 2.45 bits per heavy atom. The molecule has 0 fully saturated rings. The average Bonchev–Trinajstić information content (AvgIpc) is 2.48. The Hall–Kier alpha value is -2.30. The van der Waals surface area contributed by atoms with Gasteiger partial charge in [0.05, 0.1) is 24.4 Å². The van der Waals surface area contributed by atoms with Gasteiger partial charge in [0.15, 0.2) is 0 Å². The lowest BCUT2D eigenvalue weighted by molar-refractivity contribution is -0.137. The minimum absolute atomic E-state index is 0.117. The van der Waals surface area contributed by atoms with Crippen molar-refractivity contribution in [3.05, 3.63) is 35.0 Å². The lowest BCUT2D eigenvalue weighted by Crippen LogP contribution is -2.11. The van der Waals surface area contributed by atoms with Crippen LogP contribution in [0.2, 0.25) is 0 Å². The molecule has 1 aliphatic heterocycles. The molecular formula is C15H18N2O3. The Balaban J connectivity index is 2.34. The molecule has 0 aromatic heterocycles. The van der Waals surface area contributed by atoms with Gasteiger partial charge in [0.25, 0.3) is 0 Å². The first-order valence-corrected chi connectivity index (χ1v) is 6.55. The second-order valence-corrected chi connectivity index (χ2v) is 4.75. The van der Waals surface area contributed by atoms with Gasteiger partial charge in [0.2, 0.25) is 5.91 Å². The molecule has 5 nitrogen and oxygen atoms in total. The van der Waals surface area contributed by atoms with Crippen LogP contribution in [0.3, 0.4) is 0 Å². The Morgan fingerprint density at radius 1 is 1.25 bits per heavy atom. The number of carbonyl (C=O) groups excluding carboxylic acids is 2. The Bertz CT molecular complexity index is 591. The number of aryl methyl sites for hydroxylation is 2. The molecule has 1 aromatic rings. The maximum atomic E-state index is 11.8. The van der Waals surface area contributed by atoms with Gasteiger partial charge in [-0.2, -0.15) is 0 Å². The van der Waals surface area contributed by atoms with Crippen molar-refractivity contribution in [2.24, 2.45) is 0 Å². The molecule has 0 unspecified atom stereocenters. The molecule has 5 heteroatoms. The molecule has 0 saturated heterocycles. The number of carbonyl (C=O) groups is 2. The van der Waals surface area contributed by atoms with Crippen LogP contribution in [0, 0.1) is 13.8 Å². The molecule has 0 spiro atoms. The van der Waals surface area contributed by atoms with Crippen LogP contribution in [-0.4, -0.2) is 18.5 Å². The van der Waals surface area contributed by atoms with Gasteiger partial charge in [0, 0.05) is 11.8 Å². The topological polar surface area (TPSA) is 67.4 Å². The molecule has 2 rings (SSSR count). The van der Waals surface area contributed by atoms with E-state index in [2.05, 4.69) is 10.6 Å². The molecule has 1 amide bonds. The molecule has 0 radical (unpaired) electrons. The molecule has 1 aromatic carbocycles. The Kier molecular flexibility index (Phi) is 4.08. The smallest absolute Gasteiger partial charge is 0.332 e. The minimum Gasteiger partial charge on any atom is -0.463 e. The van der Waals surface area contributed by atoms with Crippen LogP contribution in [0.5, 0.6) is 0 Å². The summed E-state index contributed by atoms with van der Waals surface area (Å²) in [5.41, 5.74) is 4.26. The zero-order valence-electron chi connectivity index (χ0n) is 11.9. The number of amides is 1. The summed E-state index contributed by atoms with van der Waals surface area (Å²) in [5, 5.41) is 5.96. The van der Waals surface area contributed by atoms with Gasteiger partial charge >= 0.3 is 5.97 Å². The Labute approximate surface area is 118 Å². The third-order valence-corrected chi connectivity index (χ3v) is 3.13. The second kappa shape index (κ2) is 5.77. The predicted molar refractivity (Wildman–Crippen MR) is 77.5 cm³/mol. The first-order chi connectivity index (χ1) is 9.49. The highest BCUT2D eigenvalue weighted by molar-refractivity contribution is 5.99. The van der Waals surface area contributed by atoms with Gasteiger partial charge in [-0.05, 0) is 44.0 Å². The van der Waals surface area contributed by atoms with E-state index >= 15 is 0 Å². The van der Waals surface area contributed by atoms with E-state index in [0.717, 1.165) is 22.5 Å². The molecular weight excluding hydrogens is 256 g/mol. The molecule has 0 saturated carbocycles.